The molecule has 52 heavy (non-hydrogen) atoms. The molecule has 3 rings (SSSR count). The number of thioether (sulfide) groups is 1. The van der Waals surface area contributed by atoms with Crippen molar-refractivity contribution in [2.75, 3.05) is 40.6 Å². The number of phenols is 1. The summed E-state index contributed by atoms with van der Waals surface area (Å²) >= 11 is 1.38. The van der Waals surface area contributed by atoms with Crippen LogP contribution in [0.4, 0.5) is 0 Å². The zero-order chi connectivity index (χ0) is 39.1. The molecule has 13 nitrogen and oxygen atoms in total. The third-order valence-corrected chi connectivity index (χ3v) is 11.0. The van der Waals surface area contributed by atoms with E-state index in [9.17, 15) is 29.1 Å². The van der Waals surface area contributed by atoms with Gasteiger partial charge < -0.3 is 29.7 Å². The Morgan fingerprint density at radius 3 is 2.21 bits per heavy atom. The minimum Gasteiger partial charge on any atom is -0.508 e. The van der Waals surface area contributed by atoms with E-state index in [1.165, 1.54) is 35.9 Å². The summed E-state index contributed by atoms with van der Waals surface area (Å²) in [7, 11) is 6.60. The van der Waals surface area contributed by atoms with Gasteiger partial charge in [-0.3, -0.25) is 29.1 Å². The fourth-order valence-electron chi connectivity index (χ4n) is 6.66. The van der Waals surface area contributed by atoms with Crippen LogP contribution in [0.2, 0.25) is 0 Å². The summed E-state index contributed by atoms with van der Waals surface area (Å²) < 4.78 is 10.9. The van der Waals surface area contributed by atoms with E-state index in [4.69, 9.17) is 14.5 Å². The van der Waals surface area contributed by atoms with Crippen LogP contribution in [0.25, 0.3) is 0 Å². The number of likely N-dealkylation sites (tertiary alicyclic amines) is 1. The van der Waals surface area contributed by atoms with E-state index in [0.29, 0.717) is 36.4 Å². The summed E-state index contributed by atoms with van der Waals surface area (Å²) in [6.45, 7) is 13.7. The summed E-state index contributed by atoms with van der Waals surface area (Å²) in [5, 5.41) is 13.3. The predicted octanol–water partition coefficient (Wildman–Crippen LogP) is 3.51. The first-order valence-corrected chi connectivity index (χ1v) is 19.1. The number of nitrogens with one attached hydrogen (secondary N) is 1. The van der Waals surface area contributed by atoms with Crippen LogP contribution >= 0.6 is 11.8 Å². The Morgan fingerprint density at radius 1 is 1.04 bits per heavy atom. The first-order chi connectivity index (χ1) is 24.3. The van der Waals surface area contributed by atoms with Crippen molar-refractivity contribution < 1.29 is 38.6 Å². The van der Waals surface area contributed by atoms with E-state index in [0.717, 1.165) is 0 Å². The minimum absolute atomic E-state index is 0.0724. The highest BCUT2D eigenvalue weighted by molar-refractivity contribution is 8.14. The van der Waals surface area contributed by atoms with Crippen molar-refractivity contribution in [3.63, 3.8) is 0 Å². The number of ether oxygens (including phenoxy) is 2. The Morgan fingerprint density at radius 2 is 1.67 bits per heavy atom. The summed E-state index contributed by atoms with van der Waals surface area (Å²) in [6.07, 6.45) is 0.799. The van der Waals surface area contributed by atoms with Crippen LogP contribution in [-0.2, 0) is 39.9 Å². The van der Waals surface area contributed by atoms with Gasteiger partial charge in [-0.25, -0.2) is 4.79 Å². The van der Waals surface area contributed by atoms with Crippen molar-refractivity contribution in [1.82, 2.24) is 20.0 Å². The van der Waals surface area contributed by atoms with Crippen LogP contribution in [0, 0.1) is 17.8 Å². The van der Waals surface area contributed by atoms with Crippen LogP contribution < -0.4 is 5.32 Å². The Bertz CT molecular complexity index is 1470. The first-order valence-electron chi connectivity index (χ1n) is 18.1. The maximum absolute atomic E-state index is 14.1. The minimum atomic E-state index is -1.27. The number of hydrogen-bond donors (Lipinski definition) is 2. The molecule has 0 saturated carbocycles. The number of nitrogens with zero attached hydrogens (tertiary/aromatic N) is 4. The molecule has 14 heteroatoms. The van der Waals surface area contributed by atoms with E-state index >= 15 is 0 Å². The van der Waals surface area contributed by atoms with Crippen LogP contribution in [0.15, 0.2) is 29.3 Å². The molecule has 0 radical (unpaired) electrons. The second-order valence-electron chi connectivity index (χ2n) is 15.5. The molecule has 1 aromatic rings. The molecule has 2 aliphatic rings. The molecule has 0 bridgehead atoms. The maximum atomic E-state index is 14.1. The lowest BCUT2D eigenvalue weighted by molar-refractivity contribution is -0.167. The maximum Gasteiger partial charge on any atom is 0.328 e. The SMILES string of the molecule is COC(=O)[C@@H]1CCCN1C(=O)[C@H](Cc1ccc(O)cc1)NC(=O)[C@]1(C)CSC([C@H](C(C)C)N(C)C(=O)[C@@H](OC(=O)[C@H](CC(C)C)N(C)C)C(C)C)=N1. The molecular formula is C38H59N5O8S. The smallest absolute Gasteiger partial charge is 0.328 e. The summed E-state index contributed by atoms with van der Waals surface area (Å²) in [4.78, 5) is 77.7. The molecule has 6 atom stereocenters. The van der Waals surface area contributed by atoms with E-state index in [2.05, 4.69) is 5.32 Å². The van der Waals surface area contributed by atoms with Crippen molar-refractivity contribution in [2.24, 2.45) is 22.7 Å². The molecule has 3 amide bonds. The first kappa shape index (κ1) is 42.8. The number of carbonyl (C=O) groups is 5. The number of benzene rings is 1. The van der Waals surface area contributed by atoms with Gasteiger partial charge in [0, 0.05) is 25.8 Å². The molecule has 0 unspecified atom stereocenters. The molecule has 2 heterocycles. The van der Waals surface area contributed by atoms with Crippen LogP contribution in [-0.4, -0.2) is 131 Å². The van der Waals surface area contributed by atoms with Crippen LogP contribution in [0.1, 0.15) is 73.3 Å². The molecule has 0 aromatic heterocycles. The molecule has 0 spiro atoms. The lowest BCUT2D eigenvalue weighted by atomic mass is 9.98. The van der Waals surface area contributed by atoms with Gasteiger partial charge in [0.05, 0.1) is 18.2 Å². The van der Waals surface area contributed by atoms with E-state index in [1.807, 2.05) is 60.5 Å². The summed E-state index contributed by atoms with van der Waals surface area (Å²) in [6, 6.07) is 3.63. The predicted molar refractivity (Wildman–Crippen MR) is 202 cm³/mol. The van der Waals surface area contributed by atoms with Gasteiger partial charge in [0.15, 0.2) is 6.10 Å². The fourth-order valence-corrected chi connectivity index (χ4v) is 8.15. The van der Waals surface area contributed by atoms with Crippen molar-refractivity contribution in [3.05, 3.63) is 29.8 Å². The summed E-state index contributed by atoms with van der Waals surface area (Å²) in [5.41, 5.74) is -0.557. The zero-order valence-corrected chi connectivity index (χ0v) is 33.5. The third kappa shape index (κ3) is 10.5. The molecule has 1 saturated heterocycles. The Hall–Kier alpha value is -3.65. The number of esters is 2. The quantitative estimate of drug-likeness (QED) is 0.240. The number of likely N-dealkylation sites (N-methyl/N-ethyl adjacent to an activating group) is 2. The number of carbonyl (C=O) groups excluding carboxylic acids is 5. The molecule has 1 fully saturated rings. The van der Waals surface area contributed by atoms with Crippen molar-refractivity contribution in [2.45, 2.75) is 110 Å². The Kier molecular flexibility index (Phi) is 15.1. The lowest BCUT2D eigenvalue weighted by Gasteiger charge is -2.35. The highest BCUT2D eigenvalue weighted by atomic mass is 32.2. The molecule has 2 N–H and O–H groups in total. The van der Waals surface area contributed by atoms with Crippen LogP contribution in [0.3, 0.4) is 0 Å². The number of rotatable bonds is 16. The second-order valence-corrected chi connectivity index (χ2v) is 16.5. The van der Waals surface area contributed by atoms with Gasteiger partial charge in [-0.2, -0.15) is 0 Å². The summed E-state index contributed by atoms with van der Waals surface area (Å²) in [5.74, 6) is -1.96. The van der Waals surface area contributed by atoms with Gasteiger partial charge in [-0.15, -0.1) is 11.8 Å². The Balaban J connectivity index is 1.87. The molecule has 2 aliphatic heterocycles. The van der Waals surface area contributed by atoms with Crippen LogP contribution in [0.5, 0.6) is 5.75 Å². The standard InChI is InChI=1S/C38H59N5O8S/c1-22(2)19-29(41(8)9)36(48)51-31(24(5)6)34(46)42(10)30(23(3)4)32-40-38(7,21-52-32)37(49)39-27(20-25-14-16-26(44)17-15-25)33(45)43-18-12-13-28(43)35(47)50-11/h14-17,22-24,27-31,44H,12-13,18-21H2,1-11H3,(H,39,49)/t27-,28-,29-,30-,31-,38-/m0/s1. The van der Waals surface area contributed by atoms with E-state index in [1.54, 1.807) is 31.0 Å². The molecule has 290 valence electrons. The van der Waals surface area contributed by atoms with Gasteiger partial charge >= 0.3 is 11.9 Å². The van der Waals surface area contributed by atoms with Crippen molar-refractivity contribution in [1.29, 1.82) is 0 Å². The van der Waals surface area contributed by atoms with Crippen molar-refractivity contribution in [3.8, 4) is 5.75 Å². The monoisotopic (exact) mass is 745 g/mol. The highest BCUT2D eigenvalue weighted by Gasteiger charge is 2.46. The number of hydrogen-bond acceptors (Lipinski definition) is 11. The highest BCUT2D eigenvalue weighted by Crippen LogP contribution is 2.34. The van der Waals surface area contributed by atoms with Gasteiger partial charge in [0.1, 0.15) is 29.4 Å². The largest absolute Gasteiger partial charge is 0.508 e. The third-order valence-electron chi connectivity index (χ3n) is 9.67. The molecular weight excluding hydrogens is 687 g/mol. The second kappa shape index (κ2) is 18.4. The number of phenolic OH excluding ortho intramolecular Hbond substituents is 1. The fraction of sp³-hybridized carbons (Fsp3) is 0.684. The number of aromatic hydroxyl groups is 1. The average molecular weight is 746 g/mol. The van der Waals surface area contributed by atoms with Gasteiger partial charge in [-0.05, 0) is 75.7 Å². The topological polar surface area (TPSA) is 158 Å². The van der Waals surface area contributed by atoms with Crippen molar-refractivity contribution >= 4 is 46.5 Å². The number of aliphatic imine (C=N–C) groups is 1. The molecule has 1 aromatic carbocycles. The average Bonchev–Trinajstić information content (AvgIpc) is 3.73. The van der Waals surface area contributed by atoms with E-state index < -0.39 is 59.6 Å². The number of methoxy groups -OCH3 is 1. The Labute approximate surface area is 313 Å². The van der Waals surface area contributed by atoms with Gasteiger partial charge in [0.2, 0.25) is 11.8 Å². The zero-order valence-electron chi connectivity index (χ0n) is 32.7. The van der Waals surface area contributed by atoms with E-state index in [-0.39, 0.29) is 41.6 Å². The normalized spacial score (nSPS) is 21.2. The lowest BCUT2D eigenvalue weighted by Crippen LogP contribution is -2.56. The molecule has 0 aliphatic carbocycles. The van der Waals surface area contributed by atoms with Gasteiger partial charge in [0.25, 0.3) is 5.91 Å². The number of amides is 3. The van der Waals surface area contributed by atoms with Gasteiger partial charge in [-0.1, -0.05) is 53.7 Å².